The number of carbonyl (C=O) groups excluding carboxylic acids is 2. The van der Waals surface area contributed by atoms with Gasteiger partial charge in [-0.1, -0.05) is 12.8 Å². The van der Waals surface area contributed by atoms with Gasteiger partial charge in [0, 0.05) is 25.9 Å². The SMILES string of the molecule is CC#C[C@@H]1C[C@H](C(=O)OCC)N(CC(O)CC)C1.CC(N)=O. The molecule has 1 aliphatic heterocycles. The number of nitrogens with zero attached hydrogens (tertiary/aromatic N) is 1. The number of hydrogen-bond donors (Lipinski definition) is 2. The van der Waals surface area contributed by atoms with E-state index in [1.54, 1.807) is 6.92 Å². The van der Waals surface area contributed by atoms with Gasteiger partial charge >= 0.3 is 5.97 Å². The molecule has 1 aliphatic rings. The van der Waals surface area contributed by atoms with Crippen LogP contribution in [0.15, 0.2) is 0 Å². The van der Waals surface area contributed by atoms with Gasteiger partial charge < -0.3 is 15.6 Å². The van der Waals surface area contributed by atoms with Crippen molar-refractivity contribution in [3.05, 3.63) is 0 Å². The Bertz CT molecular complexity index is 410. The lowest BCUT2D eigenvalue weighted by molar-refractivity contribution is -0.148. The van der Waals surface area contributed by atoms with Crippen LogP contribution in [0.2, 0.25) is 0 Å². The van der Waals surface area contributed by atoms with Crippen LogP contribution in [0.25, 0.3) is 0 Å². The van der Waals surface area contributed by atoms with Gasteiger partial charge in [0.2, 0.25) is 5.91 Å². The van der Waals surface area contributed by atoms with Crippen LogP contribution < -0.4 is 5.73 Å². The Kier molecular flexibility index (Phi) is 10.3. The van der Waals surface area contributed by atoms with Gasteiger partial charge in [-0.2, -0.15) is 0 Å². The summed E-state index contributed by atoms with van der Waals surface area (Å²) < 4.78 is 5.09. The van der Waals surface area contributed by atoms with E-state index < -0.39 is 6.10 Å². The molecule has 1 amide bonds. The zero-order valence-corrected chi connectivity index (χ0v) is 14.0. The van der Waals surface area contributed by atoms with E-state index in [2.05, 4.69) is 17.6 Å². The highest BCUT2D eigenvalue weighted by molar-refractivity contribution is 5.76. The minimum absolute atomic E-state index is 0.193. The number of nitrogens with two attached hydrogens (primary N) is 1. The zero-order valence-electron chi connectivity index (χ0n) is 14.0. The highest BCUT2D eigenvalue weighted by Crippen LogP contribution is 2.24. The Morgan fingerprint density at radius 1 is 1.45 bits per heavy atom. The summed E-state index contributed by atoms with van der Waals surface area (Å²) in [6, 6.07) is -0.253. The molecule has 1 rings (SSSR count). The second-order valence-electron chi connectivity index (χ2n) is 5.22. The van der Waals surface area contributed by atoms with E-state index in [4.69, 9.17) is 4.74 Å². The number of amides is 1. The molecule has 0 aromatic heterocycles. The first kappa shape index (κ1) is 20.4. The average Bonchev–Trinajstić information content (AvgIpc) is 2.81. The molecule has 0 spiro atoms. The molecule has 1 saturated heterocycles. The van der Waals surface area contributed by atoms with Gasteiger partial charge in [-0.15, -0.1) is 5.92 Å². The third-order valence-corrected chi connectivity index (χ3v) is 3.23. The van der Waals surface area contributed by atoms with Crippen molar-refractivity contribution in [2.45, 2.75) is 52.7 Å². The fourth-order valence-electron chi connectivity index (χ4n) is 2.30. The van der Waals surface area contributed by atoms with Gasteiger partial charge in [-0.3, -0.25) is 14.5 Å². The Hall–Kier alpha value is -1.58. The minimum atomic E-state index is -0.393. The van der Waals surface area contributed by atoms with Gasteiger partial charge in [0.15, 0.2) is 0 Å². The Labute approximate surface area is 133 Å². The number of aliphatic hydroxyl groups excluding tert-OH is 1. The third kappa shape index (κ3) is 8.01. The van der Waals surface area contributed by atoms with Crippen LogP contribution >= 0.6 is 0 Å². The van der Waals surface area contributed by atoms with E-state index in [-0.39, 0.29) is 23.8 Å². The minimum Gasteiger partial charge on any atom is -0.465 e. The second kappa shape index (κ2) is 11.0. The number of ether oxygens (including phenoxy) is 1. The molecule has 1 fully saturated rings. The molecule has 0 aliphatic carbocycles. The van der Waals surface area contributed by atoms with Gasteiger partial charge in [-0.25, -0.2) is 0 Å². The van der Waals surface area contributed by atoms with Crippen LogP contribution in [-0.4, -0.2) is 53.7 Å². The topological polar surface area (TPSA) is 92.9 Å². The number of aliphatic hydroxyl groups is 1. The first-order valence-corrected chi connectivity index (χ1v) is 7.62. The van der Waals surface area contributed by atoms with Crippen molar-refractivity contribution in [3.63, 3.8) is 0 Å². The molecular formula is C16H28N2O4. The quantitative estimate of drug-likeness (QED) is 0.570. The van der Waals surface area contributed by atoms with Crippen LogP contribution in [0.3, 0.4) is 0 Å². The predicted molar refractivity (Wildman–Crippen MR) is 84.7 cm³/mol. The largest absolute Gasteiger partial charge is 0.465 e. The summed E-state index contributed by atoms with van der Waals surface area (Å²) >= 11 is 0. The molecule has 6 heteroatoms. The van der Waals surface area contributed by atoms with Crippen molar-refractivity contribution in [2.75, 3.05) is 19.7 Å². The van der Waals surface area contributed by atoms with E-state index in [1.165, 1.54) is 6.92 Å². The second-order valence-corrected chi connectivity index (χ2v) is 5.22. The van der Waals surface area contributed by atoms with E-state index in [1.807, 2.05) is 18.7 Å². The monoisotopic (exact) mass is 312 g/mol. The van der Waals surface area contributed by atoms with Crippen LogP contribution in [-0.2, 0) is 14.3 Å². The lowest BCUT2D eigenvalue weighted by Gasteiger charge is -2.24. The number of rotatable bonds is 5. The number of likely N-dealkylation sites (tertiary alicyclic amines) is 1. The van der Waals surface area contributed by atoms with Gasteiger partial charge in [0.05, 0.1) is 12.7 Å². The van der Waals surface area contributed by atoms with Crippen molar-refractivity contribution in [2.24, 2.45) is 11.7 Å². The standard InChI is InChI=1S/C14H23NO3.C2H5NO/c1-4-7-11-8-13(14(17)18-6-3)15(9-11)10-12(16)5-2;1-2(3)4/h11-13,16H,5-6,8-10H2,1-3H3;1H3,(H2,3,4)/t11-,12?,13-;/m1./s1. The van der Waals surface area contributed by atoms with Crippen LogP contribution in [0, 0.1) is 17.8 Å². The molecule has 1 unspecified atom stereocenters. The molecule has 6 nitrogen and oxygen atoms in total. The van der Waals surface area contributed by atoms with Crippen molar-refractivity contribution in [1.29, 1.82) is 0 Å². The molecule has 126 valence electrons. The summed E-state index contributed by atoms with van der Waals surface area (Å²) in [6.45, 7) is 8.50. The van der Waals surface area contributed by atoms with Crippen molar-refractivity contribution < 1.29 is 19.4 Å². The lowest BCUT2D eigenvalue weighted by atomic mass is 10.1. The molecule has 1 heterocycles. The van der Waals surface area contributed by atoms with E-state index in [0.29, 0.717) is 26.0 Å². The molecule has 0 aromatic rings. The van der Waals surface area contributed by atoms with E-state index in [0.717, 1.165) is 6.54 Å². The molecule has 0 bridgehead atoms. The van der Waals surface area contributed by atoms with Crippen LogP contribution in [0.1, 0.15) is 40.5 Å². The van der Waals surface area contributed by atoms with Crippen LogP contribution in [0.5, 0.6) is 0 Å². The summed E-state index contributed by atoms with van der Waals surface area (Å²) in [4.78, 5) is 23.1. The molecule has 0 aromatic carbocycles. The molecule has 0 saturated carbocycles. The summed E-state index contributed by atoms with van der Waals surface area (Å²) in [6.07, 6.45) is 1.00. The van der Waals surface area contributed by atoms with Gasteiger partial charge in [0.1, 0.15) is 6.04 Å². The third-order valence-electron chi connectivity index (χ3n) is 3.23. The van der Waals surface area contributed by atoms with Crippen molar-refractivity contribution in [1.82, 2.24) is 4.90 Å². The number of esters is 1. The first-order valence-electron chi connectivity index (χ1n) is 7.62. The highest BCUT2D eigenvalue weighted by Gasteiger charge is 2.37. The maximum absolute atomic E-state index is 11.9. The fraction of sp³-hybridized carbons (Fsp3) is 0.750. The van der Waals surface area contributed by atoms with Gasteiger partial charge in [-0.05, 0) is 26.7 Å². The number of carbonyl (C=O) groups is 2. The number of primary amides is 1. The van der Waals surface area contributed by atoms with E-state index in [9.17, 15) is 14.7 Å². The molecule has 0 radical (unpaired) electrons. The van der Waals surface area contributed by atoms with Crippen LogP contribution in [0.4, 0.5) is 0 Å². The molecule has 3 atom stereocenters. The Balaban J connectivity index is 0.000000980. The van der Waals surface area contributed by atoms with Gasteiger partial charge in [0.25, 0.3) is 0 Å². The maximum atomic E-state index is 11.9. The van der Waals surface area contributed by atoms with Crippen molar-refractivity contribution in [3.8, 4) is 11.8 Å². The smallest absolute Gasteiger partial charge is 0.323 e. The predicted octanol–water partition coefficient (Wildman–Crippen LogP) is 0.526. The van der Waals surface area contributed by atoms with E-state index >= 15 is 0 Å². The summed E-state index contributed by atoms with van der Waals surface area (Å²) in [7, 11) is 0. The average molecular weight is 312 g/mol. The normalized spacial score (nSPS) is 21.9. The Morgan fingerprint density at radius 2 is 2.05 bits per heavy atom. The number of β-amino-alcohol motifs (C(OH)–C–C–N with tert-alkyl or cyclic N) is 1. The molecular weight excluding hydrogens is 284 g/mol. The summed E-state index contributed by atoms with van der Waals surface area (Å²) in [5.74, 6) is 5.68. The Morgan fingerprint density at radius 3 is 2.50 bits per heavy atom. The zero-order chi connectivity index (χ0) is 17.1. The fourth-order valence-corrected chi connectivity index (χ4v) is 2.30. The maximum Gasteiger partial charge on any atom is 0.323 e. The molecule has 3 N–H and O–H groups in total. The first-order chi connectivity index (χ1) is 10.3. The lowest BCUT2D eigenvalue weighted by Crippen LogP contribution is -2.41. The molecule has 22 heavy (non-hydrogen) atoms. The number of hydrogen-bond acceptors (Lipinski definition) is 5. The van der Waals surface area contributed by atoms with Crippen molar-refractivity contribution >= 4 is 11.9 Å². The summed E-state index contributed by atoms with van der Waals surface area (Å²) in [5, 5.41) is 9.73. The summed E-state index contributed by atoms with van der Waals surface area (Å²) in [5.41, 5.74) is 4.47. The highest BCUT2D eigenvalue weighted by atomic mass is 16.5.